The maximum Gasteiger partial charge on any atom is 0.0152 e. The first-order valence-electron chi connectivity index (χ1n) is 4.99. The van der Waals surface area contributed by atoms with E-state index >= 15 is 0 Å². The van der Waals surface area contributed by atoms with Crippen LogP contribution < -0.4 is 0 Å². The summed E-state index contributed by atoms with van der Waals surface area (Å²) in [5.74, 6) is 0. The average Bonchev–Trinajstić information content (AvgIpc) is 2.53. The molecule has 1 aromatic rings. The van der Waals surface area contributed by atoms with E-state index in [0.717, 1.165) is 0 Å². The van der Waals surface area contributed by atoms with Crippen LogP contribution in [0.3, 0.4) is 0 Å². The van der Waals surface area contributed by atoms with Gasteiger partial charge in [-0.25, -0.2) is 0 Å². The summed E-state index contributed by atoms with van der Waals surface area (Å²) < 4.78 is 0. The molecule has 13 heavy (non-hydrogen) atoms. The van der Waals surface area contributed by atoms with Crippen LogP contribution >= 0.6 is 0 Å². The topological polar surface area (TPSA) is 0 Å². The molecule has 0 N–H and O–H groups in total. The zero-order chi connectivity index (χ0) is 9.85. The fourth-order valence-corrected chi connectivity index (χ4v) is 1.93. The van der Waals surface area contributed by atoms with E-state index in [2.05, 4.69) is 52.8 Å². The normalized spacial score (nSPS) is 18.2. The van der Waals surface area contributed by atoms with Crippen molar-refractivity contribution < 1.29 is 0 Å². The predicted molar refractivity (Wildman–Crippen MR) is 57.3 cm³/mol. The molecule has 2 rings (SSSR count). The van der Waals surface area contributed by atoms with E-state index in [0.29, 0.717) is 5.41 Å². The highest BCUT2D eigenvalue weighted by atomic mass is 14.4. The molecular formula is C13H18. The monoisotopic (exact) mass is 174 g/mol. The van der Waals surface area contributed by atoms with E-state index in [1.54, 1.807) is 5.56 Å². The van der Waals surface area contributed by atoms with Gasteiger partial charge in [0.05, 0.1) is 0 Å². The maximum atomic E-state index is 2.37. The first kappa shape index (κ1) is 8.80. The number of fused-ring (bicyclic) bond motifs is 1. The highest BCUT2D eigenvalue weighted by molar-refractivity contribution is 5.59. The quantitative estimate of drug-likeness (QED) is 0.563. The molecule has 0 radical (unpaired) electrons. The van der Waals surface area contributed by atoms with Crippen molar-refractivity contribution >= 4 is 0 Å². The lowest BCUT2D eigenvalue weighted by atomic mass is 9.87. The molecule has 0 heterocycles. The van der Waals surface area contributed by atoms with Crippen LogP contribution in [-0.2, 0) is 10.8 Å². The van der Waals surface area contributed by atoms with E-state index in [9.17, 15) is 0 Å². The first-order valence-corrected chi connectivity index (χ1v) is 4.99. The third-order valence-corrected chi connectivity index (χ3v) is 3.17. The van der Waals surface area contributed by atoms with Gasteiger partial charge >= 0.3 is 0 Å². The fourth-order valence-electron chi connectivity index (χ4n) is 1.93. The molecule has 1 aromatic carbocycles. The van der Waals surface area contributed by atoms with Gasteiger partial charge in [0.2, 0.25) is 0 Å². The van der Waals surface area contributed by atoms with E-state index in [1.807, 2.05) is 0 Å². The molecule has 0 unspecified atom stereocenters. The van der Waals surface area contributed by atoms with Crippen molar-refractivity contribution in [3.8, 4) is 0 Å². The number of hydrogen-bond donors (Lipinski definition) is 0. The van der Waals surface area contributed by atoms with Gasteiger partial charge in [-0.3, -0.25) is 0 Å². The zero-order valence-corrected chi connectivity index (χ0v) is 9.23. The molecule has 0 atom stereocenters. The summed E-state index contributed by atoms with van der Waals surface area (Å²) in [4.78, 5) is 0. The standard InChI is InChI=1S/C13H18/c1-12(2,3)9-6-7-10-11(8-9)13(10,4)5/h6-8H,1-5H3. The Morgan fingerprint density at radius 2 is 1.62 bits per heavy atom. The molecule has 0 aliphatic heterocycles. The summed E-state index contributed by atoms with van der Waals surface area (Å²) in [6.45, 7) is 11.4. The highest BCUT2D eigenvalue weighted by Crippen LogP contribution is 2.50. The summed E-state index contributed by atoms with van der Waals surface area (Å²) in [7, 11) is 0. The second kappa shape index (κ2) is 2.17. The molecule has 0 bridgehead atoms. The lowest BCUT2D eigenvalue weighted by Gasteiger charge is -2.18. The molecule has 0 fully saturated rings. The Morgan fingerprint density at radius 1 is 1.00 bits per heavy atom. The molecule has 1 aliphatic carbocycles. The van der Waals surface area contributed by atoms with Crippen molar-refractivity contribution in [2.75, 3.05) is 0 Å². The largest absolute Gasteiger partial charge is 0.0582 e. The van der Waals surface area contributed by atoms with Crippen LogP contribution in [0.25, 0.3) is 0 Å². The van der Waals surface area contributed by atoms with Gasteiger partial charge in [0.1, 0.15) is 0 Å². The third-order valence-electron chi connectivity index (χ3n) is 3.17. The van der Waals surface area contributed by atoms with Crippen molar-refractivity contribution in [2.45, 2.75) is 45.4 Å². The summed E-state index contributed by atoms with van der Waals surface area (Å²) in [6.07, 6.45) is 0. The summed E-state index contributed by atoms with van der Waals surface area (Å²) in [6, 6.07) is 6.93. The van der Waals surface area contributed by atoms with E-state index in [1.165, 1.54) is 11.1 Å². The van der Waals surface area contributed by atoms with Crippen molar-refractivity contribution in [1.29, 1.82) is 0 Å². The van der Waals surface area contributed by atoms with E-state index in [-0.39, 0.29) is 5.41 Å². The lowest BCUT2D eigenvalue weighted by Crippen LogP contribution is -2.10. The Kier molecular flexibility index (Phi) is 1.47. The Bertz CT molecular complexity index is 351. The van der Waals surface area contributed by atoms with Crippen LogP contribution in [0.5, 0.6) is 0 Å². The Labute approximate surface area is 81.0 Å². The van der Waals surface area contributed by atoms with Crippen molar-refractivity contribution in [3.05, 3.63) is 34.9 Å². The number of hydrogen-bond acceptors (Lipinski definition) is 0. The predicted octanol–water partition coefficient (Wildman–Crippen LogP) is 3.62. The van der Waals surface area contributed by atoms with Crippen LogP contribution in [0.2, 0.25) is 0 Å². The highest BCUT2D eigenvalue weighted by Gasteiger charge is 2.41. The SMILES string of the molecule is CC(C)(C)c1ccc2c(c1)C2(C)C. The van der Waals surface area contributed by atoms with Crippen molar-refractivity contribution in [3.63, 3.8) is 0 Å². The van der Waals surface area contributed by atoms with Gasteiger partial charge in [0.25, 0.3) is 0 Å². The number of benzene rings is 1. The average molecular weight is 174 g/mol. The molecular weight excluding hydrogens is 156 g/mol. The molecule has 0 amide bonds. The fraction of sp³-hybridized carbons (Fsp3) is 0.538. The van der Waals surface area contributed by atoms with Crippen LogP contribution in [0, 0.1) is 0 Å². The smallest absolute Gasteiger partial charge is 0.0152 e. The minimum absolute atomic E-state index is 0.285. The minimum Gasteiger partial charge on any atom is -0.0582 e. The second-order valence-electron chi connectivity index (χ2n) is 5.64. The molecule has 0 saturated heterocycles. The van der Waals surface area contributed by atoms with E-state index < -0.39 is 0 Å². The van der Waals surface area contributed by atoms with Crippen LogP contribution in [0.15, 0.2) is 18.2 Å². The molecule has 70 valence electrons. The Balaban J connectivity index is 2.43. The molecule has 0 nitrogen and oxygen atoms in total. The first-order chi connectivity index (χ1) is 5.83. The van der Waals surface area contributed by atoms with Crippen LogP contribution in [-0.4, -0.2) is 0 Å². The van der Waals surface area contributed by atoms with Gasteiger partial charge in [0, 0.05) is 5.41 Å². The maximum absolute atomic E-state index is 2.37. The van der Waals surface area contributed by atoms with Gasteiger partial charge in [-0.05, 0) is 22.1 Å². The van der Waals surface area contributed by atoms with Gasteiger partial charge in [0.15, 0.2) is 0 Å². The molecule has 0 aromatic heterocycles. The summed E-state index contributed by atoms with van der Waals surface area (Å²) >= 11 is 0. The van der Waals surface area contributed by atoms with Crippen LogP contribution in [0.1, 0.15) is 51.3 Å². The third kappa shape index (κ3) is 1.20. The zero-order valence-electron chi connectivity index (χ0n) is 9.23. The lowest BCUT2D eigenvalue weighted by molar-refractivity contribution is 0.590. The second-order valence-corrected chi connectivity index (χ2v) is 5.64. The molecule has 0 spiro atoms. The van der Waals surface area contributed by atoms with Gasteiger partial charge in [-0.1, -0.05) is 52.8 Å². The minimum atomic E-state index is 0.285. The van der Waals surface area contributed by atoms with Crippen LogP contribution in [0.4, 0.5) is 0 Å². The van der Waals surface area contributed by atoms with Gasteiger partial charge < -0.3 is 0 Å². The van der Waals surface area contributed by atoms with Crippen molar-refractivity contribution in [1.82, 2.24) is 0 Å². The number of rotatable bonds is 0. The Hall–Kier alpha value is -0.780. The molecule has 0 heteroatoms. The van der Waals surface area contributed by atoms with Crippen molar-refractivity contribution in [2.24, 2.45) is 0 Å². The van der Waals surface area contributed by atoms with E-state index in [4.69, 9.17) is 0 Å². The Morgan fingerprint density at radius 3 is 2.08 bits per heavy atom. The summed E-state index contributed by atoms with van der Waals surface area (Å²) in [5.41, 5.74) is 5.18. The van der Waals surface area contributed by atoms with Gasteiger partial charge in [-0.2, -0.15) is 0 Å². The molecule has 0 saturated carbocycles. The molecule has 1 aliphatic rings. The van der Waals surface area contributed by atoms with Gasteiger partial charge in [-0.15, -0.1) is 0 Å². The summed E-state index contributed by atoms with van der Waals surface area (Å²) in [5, 5.41) is 0.